The maximum Gasteiger partial charge on any atom is 0.226 e. The van der Waals surface area contributed by atoms with Crippen molar-refractivity contribution in [1.29, 1.82) is 0 Å². The molecule has 1 aromatic carbocycles. The molecule has 1 fully saturated rings. The minimum atomic E-state index is 0.101. The molecule has 1 heterocycles. The van der Waals surface area contributed by atoms with E-state index in [1.807, 2.05) is 25.1 Å². The second-order valence-corrected chi connectivity index (χ2v) is 5.14. The van der Waals surface area contributed by atoms with E-state index in [1.165, 1.54) is 0 Å². The van der Waals surface area contributed by atoms with Gasteiger partial charge in [0.2, 0.25) is 5.91 Å². The lowest BCUT2D eigenvalue weighted by molar-refractivity contribution is -0.130. The van der Waals surface area contributed by atoms with Crippen LogP contribution in [0.2, 0.25) is 0 Å². The van der Waals surface area contributed by atoms with Gasteiger partial charge in [-0.15, -0.1) is 0 Å². The van der Waals surface area contributed by atoms with Gasteiger partial charge >= 0.3 is 0 Å². The number of benzene rings is 1. The Morgan fingerprint density at radius 2 is 2.25 bits per heavy atom. The first-order valence-corrected chi connectivity index (χ1v) is 6.91. The fourth-order valence-electron chi connectivity index (χ4n) is 2.31. The smallest absolute Gasteiger partial charge is 0.226 e. The zero-order chi connectivity index (χ0) is 14.5. The van der Waals surface area contributed by atoms with E-state index in [-0.39, 0.29) is 11.9 Å². The summed E-state index contributed by atoms with van der Waals surface area (Å²) in [6.45, 7) is 3.76. The quantitative estimate of drug-likeness (QED) is 0.882. The zero-order valence-electron chi connectivity index (χ0n) is 12.1. The molecule has 1 aliphatic heterocycles. The molecule has 0 radical (unpaired) electrons. The predicted octanol–water partition coefficient (Wildman–Crippen LogP) is 1.33. The van der Waals surface area contributed by atoms with Crippen LogP contribution < -0.4 is 15.2 Å². The number of carbonyl (C=O) groups excluding carboxylic acids is 1. The molecule has 5 nitrogen and oxygen atoms in total. The molecule has 0 bridgehead atoms. The van der Waals surface area contributed by atoms with Gasteiger partial charge in [-0.25, -0.2) is 0 Å². The van der Waals surface area contributed by atoms with E-state index in [2.05, 4.69) is 0 Å². The van der Waals surface area contributed by atoms with Gasteiger partial charge in [0, 0.05) is 19.1 Å². The maximum atomic E-state index is 11.9. The minimum absolute atomic E-state index is 0.101. The molecule has 0 saturated carbocycles. The normalized spacial score (nSPS) is 18.1. The summed E-state index contributed by atoms with van der Waals surface area (Å²) < 4.78 is 10.9. The molecule has 2 N–H and O–H groups in total. The fraction of sp³-hybridized carbons (Fsp3) is 0.533. The van der Waals surface area contributed by atoms with Crippen molar-refractivity contribution in [1.82, 2.24) is 4.90 Å². The van der Waals surface area contributed by atoms with Crippen molar-refractivity contribution < 1.29 is 14.3 Å². The third kappa shape index (κ3) is 3.63. The van der Waals surface area contributed by atoms with Gasteiger partial charge in [-0.2, -0.15) is 0 Å². The number of rotatable bonds is 5. The van der Waals surface area contributed by atoms with Crippen molar-refractivity contribution in [3.8, 4) is 11.5 Å². The molecule has 1 saturated heterocycles. The number of ether oxygens (including phenoxy) is 2. The van der Waals surface area contributed by atoms with Crippen LogP contribution >= 0.6 is 0 Å². The van der Waals surface area contributed by atoms with E-state index >= 15 is 0 Å². The lowest BCUT2D eigenvalue weighted by Crippen LogP contribution is -2.32. The average Bonchev–Trinajstić information content (AvgIpc) is 2.87. The van der Waals surface area contributed by atoms with Gasteiger partial charge in [-0.3, -0.25) is 4.79 Å². The van der Waals surface area contributed by atoms with Gasteiger partial charge in [-0.05, 0) is 31.0 Å². The van der Waals surface area contributed by atoms with E-state index in [0.717, 1.165) is 18.5 Å². The van der Waals surface area contributed by atoms with E-state index in [1.54, 1.807) is 12.0 Å². The molecule has 110 valence electrons. The highest BCUT2D eigenvalue weighted by Crippen LogP contribution is 2.27. The van der Waals surface area contributed by atoms with Crippen molar-refractivity contribution in [3.63, 3.8) is 0 Å². The molecule has 2 rings (SSSR count). The standard InChI is InChI=1S/C15H22N2O3/c1-11-3-4-13(14(9-11)19-2)20-8-6-15(18)17-7-5-12(16)10-17/h3-4,9,12H,5-8,10,16H2,1-2H3/t12-/m1/s1. The Bertz CT molecular complexity index is 476. The first-order chi connectivity index (χ1) is 9.60. The summed E-state index contributed by atoms with van der Waals surface area (Å²) in [7, 11) is 1.61. The number of aryl methyl sites for hydroxylation is 1. The van der Waals surface area contributed by atoms with E-state index in [9.17, 15) is 4.79 Å². The second kappa shape index (κ2) is 6.61. The highest BCUT2D eigenvalue weighted by Gasteiger charge is 2.23. The number of hydrogen-bond acceptors (Lipinski definition) is 4. The first-order valence-electron chi connectivity index (χ1n) is 6.91. The van der Waals surface area contributed by atoms with Crippen molar-refractivity contribution in [3.05, 3.63) is 23.8 Å². The van der Waals surface area contributed by atoms with Gasteiger partial charge in [0.15, 0.2) is 11.5 Å². The summed E-state index contributed by atoms with van der Waals surface area (Å²) in [6.07, 6.45) is 1.25. The van der Waals surface area contributed by atoms with Crippen molar-refractivity contribution in [2.75, 3.05) is 26.8 Å². The van der Waals surface area contributed by atoms with Gasteiger partial charge in [0.05, 0.1) is 20.1 Å². The van der Waals surface area contributed by atoms with Gasteiger partial charge in [-0.1, -0.05) is 6.07 Å². The number of methoxy groups -OCH3 is 1. The van der Waals surface area contributed by atoms with E-state index < -0.39 is 0 Å². The first kappa shape index (κ1) is 14.7. The highest BCUT2D eigenvalue weighted by molar-refractivity contribution is 5.76. The average molecular weight is 278 g/mol. The lowest BCUT2D eigenvalue weighted by Gasteiger charge is -2.16. The molecular formula is C15H22N2O3. The largest absolute Gasteiger partial charge is 0.493 e. The van der Waals surface area contributed by atoms with Crippen LogP contribution in [0.1, 0.15) is 18.4 Å². The van der Waals surface area contributed by atoms with Crippen molar-refractivity contribution >= 4 is 5.91 Å². The van der Waals surface area contributed by atoms with Crippen molar-refractivity contribution in [2.24, 2.45) is 5.73 Å². The Kier molecular flexibility index (Phi) is 4.84. The van der Waals surface area contributed by atoms with Crippen LogP contribution in [0, 0.1) is 6.92 Å². The summed E-state index contributed by atoms with van der Waals surface area (Å²) in [6, 6.07) is 5.86. The zero-order valence-corrected chi connectivity index (χ0v) is 12.1. The van der Waals surface area contributed by atoms with Crippen LogP contribution in [0.5, 0.6) is 11.5 Å². The van der Waals surface area contributed by atoms with Crippen molar-refractivity contribution in [2.45, 2.75) is 25.8 Å². The number of hydrogen-bond donors (Lipinski definition) is 1. The molecule has 1 aromatic rings. The molecule has 0 unspecified atom stereocenters. The summed E-state index contributed by atoms with van der Waals surface area (Å²) >= 11 is 0. The topological polar surface area (TPSA) is 64.8 Å². The number of amides is 1. The minimum Gasteiger partial charge on any atom is -0.493 e. The number of nitrogens with two attached hydrogens (primary N) is 1. The Morgan fingerprint density at radius 1 is 1.45 bits per heavy atom. The summed E-state index contributed by atoms with van der Waals surface area (Å²) in [5.74, 6) is 1.47. The van der Waals surface area contributed by atoms with Crippen LogP contribution in [-0.2, 0) is 4.79 Å². The molecular weight excluding hydrogens is 256 g/mol. The van der Waals surface area contributed by atoms with E-state index in [0.29, 0.717) is 31.1 Å². The predicted molar refractivity (Wildman–Crippen MR) is 77.0 cm³/mol. The lowest BCUT2D eigenvalue weighted by atomic mass is 10.2. The Hall–Kier alpha value is -1.75. The Morgan fingerprint density at radius 3 is 2.90 bits per heavy atom. The van der Waals surface area contributed by atoms with Crippen LogP contribution in [0.3, 0.4) is 0 Å². The number of likely N-dealkylation sites (tertiary alicyclic amines) is 1. The fourth-order valence-corrected chi connectivity index (χ4v) is 2.31. The highest BCUT2D eigenvalue weighted by atomic mass is 16.5. The monoisotopic (exact) mass is 278 g/mol. The van der Waals surface area contributed by atoms with Crippen LogP contribution in [-0.4, -0.2) is 43.7 Å². The molecule has 0 aromatic heterocycles. The number of carbonyl (C=O) groups is 1. The second-order valence-electron chi connectivity index (χ2n) is 5.14. The SMILES string of the molecule is COc1cc(C)ccc1OCCC(=O)N1CC[C@@H](N)C1. The molecule has 5 heteroatoms. The maximum absolute atomic E-state index is 11.9. The third-order valence-electron chi connectivity index (χ3n) is 3.47. The molecule has 1 aliphatic rings. The summed E-state index contributed by atoms with van der Waals surface area (Å²) in [5.41, 5.74) is 6.90. The van der Waals surface area contributed by atoms with Gasteiger partial charge in [0.25, 0.3) is 0 Å². The third-order valence-corrected chi connectivity index (χ3v) is 3.47. The van der Waals surface area contributed by atoms with E-state index in [4.69, 9.17) is 15.2 Å². The van der Waals surface area contributed by atoms with Crippen LogP contribution in [0.15, 0.2) is 18.2 Å². The summed E-state index contributed by atoms with van der Waals surface area (Å²) in [4.78, 5) is 13.8. The van der Waals surface area contributed by atoms with Gasteiger partial charge < -0.3 is 20.1 Å². The van der Waals surface area contributed by atoms with Gasteiger partial charge in [0.1, 0.15) is 0 Å². The van der Waals surface area contributed by atoms with Crippen LogP contribution in [0.25, 0.3) is 0 Å². The Labute approximate surface area is 119 Å². The molecule has 1 amide bonds. The Balaban J connectivity index is 1.82. The molecule has 0 spiro atoms. The molecule has 0 aliphatic carbocycles. The molecule has 20 heavy (non-hydrogen) atoms. The molecule has 1 atom stereocenters. The summed E-state index contributed by atoms with van der Waals surface area (Å²) in [5, 5.41) is 0. The van der Waals surface area contributed by atoms with Crippen LogP contribution in [0.4, 0.5) is 0 Å². The number of nitrogens with zero attached hydrogens (tertiary/aromatic N) is 1.